The maximum absolute atomic E-state index is 12.3. The molecule has 1 N–H and O–H groups in total. The smallest absolute Gasteiger partial charge is 0.222 e. The summed E-state index contributed by atoms with van der Waals surface area (Å²) in [6.07, 6.45) is 3.41. The Morgan fingerprint density at radius 2 is 1.86 bits per heavy atom. The molecule has 1 heterocycles. The summed E-state index contributed by atoms with van der Waals surface area (Å²) in [6, 6.07) is 18.2. The van der Waals surface area contributed by atoms with E-state index in [0.717, 1.165) is 56.0 Å². The quantitative estimate of drug-likeness (QED) is 0.606. The van der Waals surface area contributed by atoms with Crippen molar-refractivity contribution in [1.82, 2.24) is 10.2 Å². The third-order valence-electron chi connectivity index (χ3n) is 5.21. The van der Waals surface area contributed by atoms with Gasteiger partial charge in [0.15, 0.2) is 0 Å². The van der Waals surface area contributed by atoms with Crippen molar-refractivity contribution in [2.24, 2.45) is 0 Å². The molecule has 0 saturated carbocycles. The minimum Gasteiger partial charge on any atom is -0.496 e. The lowest BCUT2D eigenvalue weighted by Gasteiger charge is -2.25. The van der Waals surface area contributed by atoms with Crippen LogP contribution in [-0.4, -0.2) is 50.2 Å². The second-order valence-corrected chi connectivity index (χ2v) is 7.04. The van der Waals surface area contributed by atoms with Gasteiger partial charge in [0, 0.05) is 25.6 Å². The van der Waals surface area contributed by atoms with Gasteiger partial charge in [0.1, 0.15) is 18.1 Å². The van der Waals surface area contributed by atoms with Gasteiger partial charge in [0.25, 0.3) is 0 Å². The summed E-state index contributed by atoms with van der Waals surface area (Å²) in [6.45, 7) is 3.09. The van der Waals surface area contributed by atoms with Crippen LogP contribution in [0.2, 0.25) is 0 Å². The molecule has 0 radical (unpaired) electrons. The number of amides is 1. The first-order valence-corrected chi connectivity index (χ1v) is 10.1. The van der Waals surface area contributed by atoms with Crippen LogP contribution in [0.25, 0.3) is 0 Å². The first-order chi connectivity index (χ1) is 13.8. The standard InChI is InChI=1S/C23H30N2O3/c1-27-22-10-6-5-7-19(22)14-17-25-20(11-12-23(25)26)13-15-24-16-18-28-21-8-3-2-4-9-21/h2-10,20,24H,11-18H2,1H3. The summed E-state index contributed by atoms with van der Waals surface area (Å²) in [5, 5.41) is 3.43. The first-order valence-electron chi connectivity index (χ1n) is 10.1. The number of likely N-dealkylation sites (tertiary alicyclic amines) is 1. The van der Waals surface area contributed by atoms with Crippen LogP contribution >= 0.6 is 0 Å². The summed E-state index contributed by atoms with van der Waals surface area (Å²) in [5.74, 6) is 2.06. The van der Waals surface area contributed by atoms with E-state index in [1.807, 2.05) is 48.5 Å². The Hall–Kier alpha value is -2.53. The van der Waals surface area contributed by atoms with Gasteiger partial charge < -0.3 is 19.7 Å². The van der Waals surface area contributed by atoms with E-state index < -0.39 is 0 Å². The maximum atomic E-state index is 12.3. The second-order valence-electron chi connectivity index (χ2n) is 7.04. The Kier molecular flexibility index (Phi) is 7.73. The molecule has 0 bridgehead atoms. The molecule has 2 aromatic carbocycles. The molecule has 28 heavy (non-hydrogen) atoms. The number of nitrogens with zero attached hydrogens (tertiary/aromatic N) is 1. The van der Waals surface area contributed by atoms with Crippen LogP contribution in [0.4, 0.5) is 0 Å². The molecule has 1 unspecified atom stereocenters. The maximum Gasteiger partial charge on any atom is 0.222 e. The fraction of sp³-hybridized carbons (Fsp3) is 0.435. The van der Waals surface area contributed by atoms with E-state index in [1.54, 1.807) is 7.11 Å². The number of methoxy groups -OCH3 is 1. The lowest BCUT2D eigenvalue weighted by molar-refractivity contribution is -0.129. The molecule has 1 saturated heterocycles. The minimum atomic E-state index is 0.271. The van der Waals surface area contributed by atoms with Crippen molar-refractivity contribution in [3.63, 3.8) is 0 Å². The summed E-state index contributed by atoms with van der Waals surface area (Å²) < 4.78 is 11.1. The minimum absolute atomic E-state index is 0.271. The fourth-order valence-electron chi connectivity index (χ4n) is 3.70. The van der Waals surface area contributed by atoms with Gasteiger partial charge in [-0.15, -0.1) is 0 Å². The van der Waals surface area contributed by atoms with Gasteiger partial charge in [-0.1, -0.05) is 36.4 Å². The van der Waals surface area contributed by atoms with Gasteiger partial charge in [-0.2, -0.15) is 0 Å². The van der Waals surface area contributed by atoms with E-state index >= 15 is 0 Å². The third-order valence-corrected chi connectivity index (χ3v) is 5.21. The molecule has 5 nitrogen and oxygen atoms in total. The molecule has 0 spiro atoms. The van der Waals surface area contributed by atoms with Crippen LogP contribution in [-0.2, 0) is 11.2 Å². The third kappa shape index (κ3) is 5.73. The molecule has 1 fully saturated rings. The van der Waals surface area contributed by atoms with Crippen molar-refractivity contribution in [3.8, 4) is 11.5 Å². The van der Waals surface area contributed by atoms with Gasteiger partial charge in [-0.05, 0) is 49.6 Å². The number of para-hydroxylation sites is 2. The number of carbonyl (C=O) groups excluding carboxylic acids is 1. The van der Waals surface area contributed by atoms with Crippen molar-refractivity contribution < 1.29 is 14.3 Å². The highest BCUT2D eigenvalue weighted by Crippen LogP contribution is 2.24. The van der Waals surface area contributed by atoms with Gasteiger partial charge in [0.05, 0.1) is 7.11 Å². The Bertz CT molecular complexity index is 736. The van der Waals surface area contributed by atoms with E-state index in [9.17, 15) is 4.79 Å². The van der Waals surface area contributed by atoms with E-state index in [4.69, 9.17) is 9.47 Å². The molecule has 1 aliphatic rings. The zero-order valence-corrected chi connectivity index (χ0v) is 16.6. The lowest BCUT2D eigenvalue weighted by atomic mass is 10.1. The van der Waals surface area contributed by atoms with E-state index in [-0.39, 0.29) is 5.91 Å². The average Bonchev–Trinajstić information content (AvgIpc) is 3.09. The fourth-order valence-corrected chi connectivity index (χ4v) is 3.70. The number of benzene rings is 2. The van der Waals surface area contributed by atoms with Crippen molar-refractivity contribution >= 4 is 5.91 Å². The summed E-state index contributed by atoms with van der Waals surface area (Å²) in [7, 11) is 1.69. The van der Waals surface area contributed by atoms with Crippen molar-refractivity contribution in [2.45, 2.75) is 31.7 Å². The molecule has 1 amide bonds. The van der Waals surface area contributed by atoms with E-state index in [1.165, 1.54) is 0 Å². The highest BCUT2D eigenvalue weighted by Gasteiger charge is 2.30. The molecule has 1 aliphatic heterocycles. The van der Waals surface area contributed by atoms with Crippen LogP contribution in [0.3, 0.4) is 0 Å². The zero-order chi connectivity index (χ0) is 19.6. The van der Waals surface area contributed by atoms with Crippen molar-refractivity contribution in [3.05, 3.63) is 60.2 Å². The topological polar surface area (TPSA) is 50.8 Å². The number of carbonyl (C=O) groups is 1. The highest BCUT2D eigenvalue weighted by atomic mass is 16.5. The number of hydrogen-bond acceptors (Lipinski definition) is 4. The molecular formula is C23H30N2O3. The monoisotopic (exact) mass is 382 g/mol. The van der Waals surface area contributed by atoms with Crippen molar-refractivity contribution in [2.75, 3.05) is 33.4 Å². The Labute approximate surface area is 167 Å². The normalized spacial score (nSPS) is 16.4. The van der Waals surface area contributed by atoms with Gasteiger partial charge in [0.2, 0.25) is 5.91 Å². The SMILES string of the molecule is COc1ccccc1CCN1C(=O)CCC1CCNCCOc1ccccc1. The molecule has 5 heteroatoms. The van der Waals surface area contributed by atoms with E-state index in [2.05, 4.69) is 16.3 Å². The molecular weight excluding hydrogens is 352 g/mol. The Morgan fingerprint density at radius 1 is 1.07 bits per heavy atom. The number of ether oxygens (including phenoxy) is 2. The van der Waals surface area contributed by atoms with Crippen LogP contribution in [0.1, 0.15) is 24.8 Å². The highest BCUT2D eigenvalue weighted by molar-refractivity contribution is 5.78. The Balaban J connectivity index is 1.37. The first kappa shape index (κ1) is 20.2. The predicted molar refractivity (Wildman–Crippen MR) is 111 cm³/mol. The predicted octanol–water partition coefficient (Wildman–Crippen LogP) is 3.29. The number of rotatable bonds is 11. The summed E-state index contributed by atoms with van der Waals surface area (Å²) in [4.78, 5) is 14.4. The largest absolute Gasteiger partial charge is 0.496 e. The zero-order valence-electron chi connectivity index (χ0n) is 16.6. The molecule has 0 aliphatic carbocycles. The van der Waals surface area contributed by atoms with Gasteiger partial charge >= 0.3 is 0 Å². The molecule has 0 aromatic heterocycles. The number of hydrogen-bond donors (Lipinski definition) is 1. The molecule has 1 atom stereocenters. The molecule has 3 rings (SSSR count). The molecule has 150 valence electrons. The second kappa shape index (κ2) is 10.7. The van der Waals surface area contributed by atoms with Crippen LogP contribution in [0, 0.1) is 0 Å². The van der Waals surface area contributed by atoms with Crippen LogP contribution < -0.4 is 14.8 Å². The van der Waals surface area contributed by atoms with Crippen LogP contribution in [0.5, 0.6) is 11.5 Å². The van der Waals surface area contributed by atoms with Crippen LogP contribution in [0.15, 0.2) is 54.6 Å². The molecule has 2 aromatic rings. The van der Waals surface area contributed by atoms with Crippen molar-refractivity contribution in [1.29, 1.82) is 0 Å². The van der Waals surface area contributed by atoms with Gasteiger partial charge in [-0.3, -0.25) is 4.79 Å². The number of nitrogens with one attached hydrogen (secondary N) is 1. The van der Waals surface area contributed by atoms with E-state index in [0.29, 0.717) is 19.1 Å². The summed E-state index contributed by atoms with van der Waals surface area (Å²) in [5.41, 5.74) is 1.15. The lowest BCUT2D eigenvalue weighted by Crippen LogP contribution is -2.37. The Morgan fingerprint density at radius 3 is 2.68 bits per heavy atom. The van der Waals surface area contributed by atoms with Gasteiger partial charge in [-0.25, -0.2) is 0 Å². The average molecular weight is 383 g/mol. The summed E-state index contributed by atoms with van der Waals surface area (Å²) >= 11 is 0.